The van der Waals surface area contributed by atoms with E-state index < -0.39 is 10.0 Å². The van der Waals surface area contributed by atoms with E-state index in [1.165, 1.54) is 18.5 Å². The van der Waals surface area contributed by atoms with Crippen LogP contribution in [0.3, 0.4) is 0 Å². The Balaban J connectivity index is 1.79. The van der Waals surface area contributed by atoms with E-state index in [4.69, 9.17) is 4.74 Å². The Kier molecular flexibility index (Phi) is 7.32. The topological polar surface area (TPSA) is 58.6 Å². The summed E-state index contributed by atoms with van der Waals surface area (Å²) in [7, 11) is -2.06. The molecule has 2 aromatic rings. The van der Waals surface area contributed by atoms with Gasteiger partial charge >= 0.3 is 0 Å². The van der Waals surface area contributed by atoms with E-state index in [0.717, 1.165) is 30.0 Å². The zero-order valence-corrected chi connectivity index (χ0v) is 20.4. The van der Waals surface area contributed by atoms with Crippen molar-refractivity contribution in [3.8, 4) is 5.75 Å². The van der Waals surface area contributed by atoms with Gasteiger partial charge < -0.3 is 9.64 Å². The number of piperidine rings is 1. The third-order valence-electron chi connectivity index (χ3n) is 6.19. The fourth-order valence-electron chi connectivity index (χ4n) is 4.36. The van der Waals surface area contributed by atoms with Crippen LogP contribution in [0, 0.1) is 12.8 Å². The predicted molar refractivity (Wildman–Crippen MR) is 128 cm³/mol. The average molecular weight is 445 g/mol. The van der Waals surface area contributed by atoms with Crippen LogP contribution >= 0.6 is 0 Å². The lowest BCUT2D eigenvalue weighted by molar-refractivity contribution is 0.406. The van der Waals surface area contributed by atoms with Crippen LogP contribution in [0.4, 0.5) is 5.69 Å². The summed E-state index contributed by atoms with van der Waals surface area (Å²) in [6.45, 7) is 12.2. The maximum atomic E-state index is 13.2. The summed E-state index contributed by atoms with van der Waals surface area (Å²) >= 11 is 0. The maximum absolute atomic E-state index is 13.2. The average Bonchev–Trinajstić information content (AvgIpc) is 2.72. The van der Waals surface area contributed by atoms with Gasteiger partial charge in [0, 0.05) is 24.8 Å². The van der Waals surface area contributed by atoms with Crippen LogP contribution in [-0.4, -0.2) is 28.6 Å². The first kappa shape index (κ1) is 23.6. The molecule has 0 bridgehead atoms. The van der Waals surface area contributed by atoms with Gasteiger partial charge in [-0.1, -0.05) is 32.9 Å². The third kappa shape index (κ3) is 5.42. The van der Waals surface area contributed by atoms with E-state index in [1.807, 2.05) is 39.0 Å². The van der Waals surface area contributed by atoms with Crippen molar-refractivity contribution in [1.82, 2.24) is 4.72 Å². The number of methoxy groups -OCH3 is 1. The van der Waals surface area contributed by atoms with Crippen molar-refractivity contribution in [2.75, 3.05) is 25.1 Å². The molecule has 0 saturated carbocycles. The van der Waals surface area contributed by atoms with Crippen molar-refractivity contribution < 1.29 is 13.2 Å². The molecule has 2 atom stereocenters. The summed E-state index contributed by atoms with van der Waals surface area (Å²) in [4.78, 5) is 2.73. The largest absolute Gasteiger partial charge is 0.496 e. The Morgan fingerprint density at radius 3 is 2.39 bits per heavy atom. The molecule has 0 spiro atoms. The monoisotopic (exact) mass is 444 g/mol. The molecule has 1 N–H and O–H groups in total. The first-order valence-corrected chi connectivity index (χ1v) is 12.7. The van der Waals surface area contributed by atoms with Crippen LogP contribution in [0.1, 0.15) is 69.2 Å². The normalized spacial score (nSPS) is 18.3. The molecule has 31 heavy (non-hydrogen) atoms. The Morgan fingerprint density at radius 1 is 1.13 bits per heavy atom. The molecule has 6 heteroatoms. The Hall–Kier alpha value is -2.05. The van der Waals surface area contributed by atoms with Crippen LogP contribution in [0.25, 0.3) is 0 Å². The molecule has 1 fully saturated rings. The number of rotatable bonds is 7. The minimum absolute atomic E-state index is 0.159. The highest BCUT2D eigenvalue weighted by Crippen LogP contribution is 2.32. The third-order valence-corrected chi connectivity index (χ3v) is 7.87. The second kappa shape index (κ2) is 9.61. The Labute approximate surface area is 187 Å². The molecular weight excluding hydrogens is 408 g/mol. The minimum Gasteiger partial charge on any atom is -0.496 e. The number of ether oxygens (including phenoxy) is 1. The lowest BCUT2D eigenvalue weighted by Crippen LogP contribution is -2.34. The number of sulfonamides is 1. The summed E-state index contributed by atoms with van der Waals surface area (Å²) in [5, 5.41) is 0. The molecule has 170 valence electrons. The van der Waals surface area contributed by atoms with Crippen molar-refractivity contribution >= 4 is 15.7 Å². The quantitative estimate of drug-likeness (QED) is 0.621. The number of nitrogens with zero attached hydrogens (tertiary/aromatic N) is 1. The van der Waals surface area contributed by atoms with Gasteiger partial charge in [0.05, 0.1) is 12.0 Å². The fourth-order valence-corrected chi connectivity index (χ4v) is 5.85. The zero-order chi connectivity index (χ0) is 22.8. The standard InChI is InChI=1S/C25H36N2O3S/c1-17(2)23-15-25(19(4)14-24(23)30-6)31(28,29)26-20(5)21-9-11-22(12-10-21)27-13-7-8-18(3)16-27/h9-12,14-15,17-18,20,26H,7-8,13,16H2,1-6H3/t18-,20-/m1/s1. The fraction of sp³-hybridized carbons (Fsp3) is 0.520. The van der Waals surface area contributed by atoms with Crippen LogP contribution < -0.4 is 14.4 Å². The van der Waals surface area contributed by atoms with Gasteiger partial charge in [0.25, 0.3) is 0 Å². The number of hydrogen-bond acceptors (Lipinski definition) is 4. The van der Waals surface area contributed by atoms with Gasteiger partial charge in [0.1, 0.15) is 5.75 Å². The summed E-state index contributed by atoms with van der Waals surface area (Å²) < 4.78 is 34.7. The van der Waals surface area contributed by atoms with Crippen molar-refractivity contribution in [3.05, 3.63) is 53.1 Å². The van der Waals surface area contributed by atoms with Gasteiger partial charge in [-0.05, 0) is 79.5 Å². The van der Waals surface area contributed by atoms with Gasteiger partial charge in [-0.2, -0.15) is 0 Å². The first-order chi connectivity index (χ1) is 14.6. The highest BCUT2D eigenvalue weighted by molar-refractivity contribution is 7.89. The van der Waals surface area contributed by atoms with E-state index in [0.29, 0.717) is 16.4 Å². The van der Waals surface area contributed by atoms with E-state index in [-0.39, 0.29) is 12.0 Å². The Morgan fingerprint density at radius 2 is 1.81 bits per heavy atom. The zero-order valence-electron chi connectivity index (χ0n) is 19.6. The molecule has 0 aromatic heterocycles. The molecule has 0 unspecified atom stereocenters. The second-order valence-electron chi connectivity index (χ2n) is 9.14. The van der Waals surface area contributed by atoms with Crippen LogP contribution in [0.15, 0.2) is 41.3 Å². The molecule has 1 heterocycles. The lowest BCUT2D eigenvalue weighted by Gasteiger charge is -2.33. The summed E-state index contributed by atoms with van der Waals surface area (Å²) in [6, 6.07) is 11.5. The minimum atomic E-state index is -3.67. The molecule has 1 aliphatic heterocycles. The molecule has 0 amide bonds. The van der Waals surface area contributed by atoms with Gasteiger partial charge in [0.2, 0.25) is 10.0 Å². The number of nitrogens with one attached hydrogen (secondary N) is 1. The van der Waals surface area contributed by atoms with Gasteiger partial charge in [-0.15, -0.1) is 0 Å². The van der Waals surface area contributed by atoms with E-state index in [1.54, 1.807) is 20.1 Å². The molecule has 0 radical (unpaired) electrons. The molecule has 3 rings (SSSR count). The summed E-state index contributed by atoms with van der Waals surface area (Å²) in [5.74, 6) is 1.59. The smallest absolute Gasteiger partial charge is 0.241 e. The second-order valence-corrected chi connectivity index (χ2v) is 10.8. The summed E-state index contributed by atoms with van der Waals surface area (Å²) in [6.07, 6.45) is 2.51. The predicted octanol–water partition coefficient (Wildman–Crippen LogP) is 5.40. The van der Waals surface area contributed by atoms with Crippen LogP contribution in [0.2, 0.25) is 0 Å². The number of benzene rings is 2. The van der Waals surface area contributed by atoms with E-state index in [2.05, 4.69) is 28.7 Å². The van der Waals surface area contributed by atoms with Gasteiger partial charge in [0.15, 0.2) is 0 Å². The molecule has 0 aliphatic carbocycles. The molecule has 1 saturated heterocycles. The highest BCUT2D eigenvalue weighted by atomic mass is 32.2. The van der Waals surface area contributed by atoms with E-state index >= 15 is 0 Å². The molecule has 5 nitrogen and oxygen atoms in total. The maximum Gasteiger partial charge on any atom is 0.241 e. The summed E-state index contributed by atoms with van der Waals surface area (Å²) in [5.41, 5.74) is 3.72. The number of aryl methyl sites for hydroxylation is 1. The first-order valence-electron chi connectivity index (χ1n) is 11.2. The molecule has 1 aliphatic rings. The van der Waals surface area contributed by atoms with Gasteiger partial charge in [-0.25, -0.2) is 13.1 Å². The van der Waals surface area contributed by atoms with Crippen LogP contribution in [0.5, 0.6) is 5.75 Å². The van der Waals surface area contributed by atoms with Crippen molar-refractivity contribution in [2.45, 2.75) is 64.3 Å². The van der Waals surface area contributed by atoms with Crippen LogP contribution in [-0.2, 0) is 10.0 Å². The SMILES string of the molecule is COc1cc(C)c(S(=O)(=O)N[C@H](C)c2ccc(N3CCC[C@@H](C)C3)cc2)cc1C(C)C. The van der Waals surface area contributed by atoms with Gasteiger partial charge in [-0.3, -0.25) is 0 Å². The number of anilines is 1. The Bertz CT molecular complexity index is 1000. The molecule has 2 aromatic carbocycles. The number of hydrogen-bond donors (Lipinski definition) is 1. The lowest BCUT2D eigenvalue weighted by atomic mass is 9.99. The van der Waals surface area contributed by atoms with Crippen molar-refractivity contribution in [2.24, 2.45) is 5.92 Å². The van der Waals surface area contributed by atoms with E-state index in [9.17, 15) is 8.42 Å². The van der Waals surface area contributed by atoms with Crippen molar-refractivity contribution in [3.63, 3.8) is 0 Å². The molecular formula is C25H36N2O3S. The highest BCUT2D eigenvalue weighted by Gasteiger charge is 2.24. The van der Waals surface area contributed by atoms with Crippen molar-refractivity contribution in [1.29, 1.82) is 0 Å².